The Morgan fingerprint density at radius 1 is 1.15 bits per heavy atom. The van der Waals surface area contributed by atoms with E-state index in [0.29, 0.717) is 6.04 Å². The van der Waals surface area contributed by atoms with Gasteiger partial charge in [0.2, 0.25) is 0 Å². The highest BCUT2D eigenvalue weighted by molar-refractivity contribution is 7.19. The molecule has 1 aliphatic carbocycles. The Kier molecular flexibility index (Phi) is 4.74. The van der Waals surface area contributed by atoms with E-state index < -0.39 is 0 Å². The van der Waals surface area contributed by atoms with Gasteiger partial charge in [-0.1, -0.05) is 50.8 Å². The van der Waals surface area contributed by atoms with Crippen LogP contribution in [0.3, 0.4) is 0 Å². The number of fused-ring (bicyclic) bond motifs is 1. The van der Waals surface area contributed by atoms with Gasteiger partial charge in [0.1, 0.15) is 0 Å². The van der Waals surface area contributed by atoms with Gasteiger partial charge in [0.05, 0.1) is 0 Å². The van der Waals surface area contributed by atoms with Crippen LogP contribution < -0.4 is 5.32 Å². The summed E-state index contributed by atoms with van der Waals surface area (Å²) in [7, 11) is 0. The first-order valence-electron chi connectivity index (χ1n) is 8.10. The van der Waals surface area contributed by atoms with Crippen LogP contribution in [0.4, 0.5) is 0 Å². The standard InChI is InChI=1S/C18H25NS/c1-2-19-18(14-9-5-3-4-6-10-14)17-13-15-11-7-8-12-16(15)20-17/h7-8,11-14,18-19H,2-6,9-10H2,1H3. The molecule has 1 saturated carbocycles. The summed E-state index contributed by atoms with van der Waals surface area (Å²) < 4.78 is 1.43. The fraction of sp³-hybridized carbons (Fsp3) is 0.556. The molecule has 1 heterocycles. The molecule has 1 nitrogen and oxygen atoms in total. The zero-order valence-electron chi connectivity index (χ0n) is 12.4. The topological polar surface area (TPSA) is 12.0 Å². The predicted octanol–water partition coefficient (Wildman–Crippen LogP) is 5.52. The molecule has 1 atom stereocenters. The van der Waals surface area contributed by atoms with Crippen LogP contribution in [0.1, 0.15) is 56.4 Å². The zero-order valence-corrected chi connectivity index (χ0v) is 13.2. The third kappa shape index (κ3) is 3.07. The van der Waals surface area contributed by atoms with Gasteiger partial charge in [-0.05, 0) is 42.8 Å². The molecule has 0 radical (unpaired) electrons. The summed E-state index contributed by atoms with van der Waals surface area (Å²) in [5.74, 6) is 0.825. The predicted molar refractivity (Wildman–Crippen MR) is 89.4 cm³/mol. The van der Waals surface area contributed by atoms with E-state index in [9.17, 15) is 0 Å². The number of thiophene rings is 1. The molecule has 1 aromatic carbocycles. The van der Waals surface area contributed by atoms with Crippen LogP contribution in [0.5, 0.6) is 0 Å². The van der Waals surface area contributed by atoms with E-state index in [4.69, 9.17) is 0 Å². The molecule has 2 heteroatoms. The van der Waals surface area contributed by atoms with Crippen molar-refractivity contribution in [3.8, 4) is 0 Å². The van der Waals surface area contributed by atoms with Gasteiger partial charge >= 0.3 is 0 Å². The van der Waals surface area contributed by atoms with Crippen LogP contribution in [-0.2, 0) is 0 Å². The largest absolute Gasteiger partial charge is 0.309 e. The SMILES string of the molecule is CCNC(c1cc2ccccc2s1)C1CCCCCC1. The second-order valence-corrected chi connectivity index (χ2v) is 7.09. The molecule has 20 heavy (non-hydrogen) atoms. The lowest BCUT2D eigenvalue weighted by molar-refractivity contribution is 0.334. The highest BCUT2D eigenvalue weighted by Crippen LogP contribution is 2.38. The molecule has 1 aliphatic rings. The summed E-state index contributed by atoms with van der Waals surface area (Å²) in [5.41, 5.74) is 0. The lowest BCUT2D eigenvalue weighted by Crippen LogP contribution is -2.27. The van der Waals surface area contributed by atoms with Gasteiger partial charge in [-0.15, -0.1) is 11.3 Å². The average Bonchev–Trinajstić information content (AvgIpc) is 2.71. The van der Waals surface area contributed by atoms with Gasteiger partial charge < -0.3 is 5.32 Å². The van der Waals surface area contributed by atoms with Crippen LogP contribution in [0.2, 0.25) is 0 Å². The molecule has 0 amide bonds. The second-order valence-electron chi connectivity index (χ2n) is 5.97. The smallest absolute Gasteiger partial charge is 0.0443 e. The molecular weight excluding hydrogens is 262 g/mol. The molecule has 0 spiro atoms. The Morgan fingerprint density at radius 2 is 1.90 bits per heavy atom. The Labute approximate surface area is 126 Å². The van der Waals surface area contributed by atoms with Crippen molar-refractivity contribution in [2.24, 2.45) is 5.92 Å². The molecule has 0 saturated heterocycles. The molecular formula is C18H25NS. The van der Waals surface area contributed by atoms with Gasteiger partial charge in [-0.25, -0.2) is 0 Å². The molecule has 3 rings (SSSR count). The minimum atomic E-state index is 0.565. The van der Waals surface area contributed by atoms with E-state index in [0.717, 1.165) is 12.5 Å². The summed E-state index contributed by atoms with van der Waals surface area (Å²) in [6.45, 7) is 3.30. The van der Waals surface area contributed by atoms with Crippen molar-refractivity contribution in [2.45, 2.75) is 51.5 Å². The second kappa shape index (κ2) is 6.73. The van der Waals surface area contributed by atoms with E-state index in [1.807, 2.05) is 11.3 Å². The molecule has 1 N–H and O–H groups in total. The van der Waals surface area contributed by atoms with E-state index >= 15 is 0 Å². The van der Waals surface area contributed by atoms with Crippen LogP contribution >= 0.6 is 11.3 Å². The van der Waals surface area contributed by atoms with E-state index in [-0.39, 0.29) is 0 Å². The maximum Gasteiger partial charge on any atom is 0.0443 e. The molecule has 108 valence electrons. The molecule has 2 aromatic rings. The van der Waals surface area contributed by atoms with Crippen LogP contribution in [-0.4, -0.2) is 6.54 Å². The van der Waals surface area contributed by atoms with Crippen molar-refractivity contribution in [3.63, 3.8) is 0 Å². The summed E-state index contributed by atoms with van der Waals surface area (Å²) in [4.78, 5) is 1.54. The first kappa shape index (κ1) is 14.1. The molecule has 0 aliphatic heterocycles. The molecule has 1 aromatic heterocycles. The maximum absolute atomic E-state index is 3.77. The van der Waals surface area contributed by atoms with Gasteiger partial charge in [0.15, 0.2) is 0 Å². The van der Waals surface area contributed by atoms with Gasteiger partial charge in [-0.3, -0.25) is 0 Å². The number of rotatable bonds is 4. The Balaban J connectivity index is 1.88. The lowest BCUT2D eigenvalue weighted by atomic mass is 9.90. The minimum absolute atomic E-state index is 0.565. The van der Waals surface area contributed by atoms with Crippen molar-refractivity contribution in [3.05, 3.63) is 35.2 Å². The van der Waals surface area contributed by atoms with E-state index in [2.05, 4.69) is 42.6 Å². The number of nitrogens with one attached hydrogen (secondary N) is 1. The zero-order chi connectivity index (χ0) is 13.8. The fourth-order valence-electron chi connectivity index (χ4n) is 3.52. The lowest BCUT2D eigenvalue weighted by Gasteiger charge is -2.26. The highest BCUT2D eigenvalue weighted by Gasteiger charge is 2.24. The number of hydrogen-bond donors (Lipinski definition) is 1. The third-order valence-corrected chi connectivity index (χ3v) is 5.75. The van der Waals surface area contributed by atoms with Crippen molar-refractivity contribution in [1.82, 2.24) is 5.32 Å². The first-order valence-corrected chi connectivity index (χ1v) is 8.92. The maximum atomic E-state index is 3.77. The number of benzene rings is 1. The normalized spacial score (nSPS) is 19.1. The van der Waals surface area contributed by atoms with Gasteiger partial charge in [-0.2, -0.15) is 0 Å². The van der Waals surface area contributed by atoms with E-state index in [1.54, 1.807) is 4.88 Å². The summed E-state index contributed by atoms with van der Waals surface area (Å²) >= 11 is 1.98. The summed E-state index contributed by atoms with van der Waals surface area (Å²) in [6.07, 6.45) is 8.48. The van der Waals surface area contributed by atoms with Crippen LogP contribution in [0.15, 0.2) is 30.3 Å². The van der Waals surface area contributed by atoms with Crippen LogP contribution in [0.25, 0.3) is 10.1 Å². The monoisotopic (exact) mass is 287 g/mol. The van der Waals surface area contributed by atoms with Gasteiger partial charge in [0.25, 0.3) is 0 Å². The Bertz CT molecular complexity index is 504. The molecule has 1 fully saturated rings. The van der Waals surface area contributed by atoms with Crippen molar-refractivity contribution < 1.29 is 0 Å². The van der Waals surface area contributed by atoms with E-state index in [1.165, 1.54) is 48.6 Å². The minimum Gasteiger partial charge on any atom is -0.309 e. The summed E-state index contributed by atoms with van der Waals surface area (Å²) in [6, 6.07) is 11.8. The van der Waals surface area contributed by atoms with Crippen LogP contribution in [0, 0.1) is 5.92 Å². The van der Waals surface area contributed by atoms with Crippen molar-refractivity contribution in [2.75, 3.05) is 6.54 Å². The number of hydrogen-bond acceptors (Lipinski definition) is 2. The highest BCUT2D eigenvalue weighted by atomic mass is 32.1. The first-order chi connectivity index (χ1) is 9.88. The van der Waals surface area contributed by atoms with Crippen molar-refractivity contribution in [1.29, 1.82) is 0 Å². The van der Waals surface area contributed by atoms with Gasteiger partial charge in [0, 0.05) is 15.6 Å². The fourth-order valence-corrected chi connectivity index (χ4v) is 4.75. The Hall–Kier alpha value is -0.860. The Morgan fingerprint density at radius 3 is 2.60 bits per heavy atom. The third-order valence-electron chi connectivity index (χ3n) is 4.55. The molecule has 0 bridgehead atoms. The van der Waals surface area contributed by atoms with Crippen molar-refractivity contribution >= 4 is 21.4 Å². The quantitative estimate of drug-likeness (QED) is 0.730. The average molecular weight is 287 g/mol. The molecule has 1 unspecified atom stereocenters. The summed E-state index contributed by atoms with van der Waals surface area (Å²) in [5, 5.41) is 5.17.